The lowest BCUT2D eigenvalue weighted by Crippen LogP contribution is -2.39. The number of aliphatic hydroxyl groups is 1. The van der Waals surface area contributed by atoms with Crippen LogP contribution in [0.1, 0.15) is 75.2 Å². The zero-order valence-corrected chi connectivity index (χ0v) is 14.8. The van der Waals surface area contributed by atoms with Crippen LogP contribution in [0.5, 0.6) is 0 Å². The summed E-state index contributed by atoms with van der Waals surface area (Å²) in [6.07, 6.45) is 0.763. The van der Waals surface area contributed by atoms with E-state index in [1.807, 2.05) is 13.8 Å². The van der Waals surface area contributed by atoms with Gasteiger partial charge in [0.15, 0.2) is 0 Å². The number of esters is 1. The standard InChI is InChI=1S/C17H34O3/c1-12(18)10-17(8,9)20-14(19)13(16(5,6)7)11-15(2,3)4/h12-13,18H,10-11H2,1-9H3. The highest BCUT2D eigenvalue weighted by molar-refractivity contribution is 5.73. The Morgan fingerprint density at radius 1 is 1.00 bits per heavy atom. The molecule has 0 heterocycles. The van der Waals surface area contributed by atoms with Crippen molar-refractivity contribution in [2.45, 2.75) is 86.9 Å². The molecule has 0 spiro atoms. The number of carbonyl (C=O) groups excluding carboxylic acids is 1. The average Bonchev–Trinajstić information content (AvgIpc) is 2.07. The van der Waals surface area contributed by atoms with E-state index in [4.69, 9.17) is 4.74 Å². The quantitative estimate of drug-likeness (QED) is 0.771. The van der Waals surface area contributed by atoms with E-state index in [0.717, 1.165) is 6.42 Å². The van der Waals surface area contributed by atoms with E-state index in [0.29, 0.717) is 6.42 Å². The molecule has 0 aromatic carbocycles. The highest BCUT2D eigenvalue weighted by Crippen LogP contribution is 2.37. The second kappa shape index (κ2) is 6.46. The second-order valence-electron chi connectivity index (χ2n) is 8.92. The summed E-state index contributed by atoms with van der Waals surface area (Å²) in [6.45, 7) is 18.1. The number of rotatable bonds is 5. The third kappa shape index (κ3) is 7.88. The first-order valence-electron chi connectivity index (χ1n) is 7.55. The first kappa shape index (κ1) is 19.4. The maximum atomic E-state index is 12.6. The largest absolute Gasteiger partial charge is 0.459 e. The van der Waals surface area contributed by atoms with Crippen LogP contribution in [0.4, 0.5) is 0 Å². The molecule has 0 bridgehead atoms. The first-order valence-corrected chi connectivity index (χ1v) is 7.55. The van der Waals surface area contributed by atoms with E-state index in [1.54, 1.807) is 6.92 Å². The number of hydrogen-bond acceptors (Lipinski definition) is 3. The Morgan fingerprint density at radius 2 is 1.45 bits per heavy atom. The summed E-state index contributed by atoms with van der Waals surface area (Å²) in [4.78, 5) is 12.6. The van der Waals surface area contributed by atoms with E-state index >= 15 is 0 Å². The van der Waals surface area contributed by atoms with Crippen LogP contribution in [0.15, 0.2) is 0 Å². The normalized spacial score (nSPS) is 16.7. The summed E-state index contributed by atoms with van der Waals surface area (Å²) < 4.78 is 5.68. The predicted molar refractivity (Wildman–Crippen MR) is 83.5 cm³/mol. The lowest BCUT2D eigenvalue weighted by atomic mass is 9.72. The van der Waals surface area contributed by atoms with Crippen molar-refractivity contribution in [3.63, 3.8) is 0 Å². The molecular weight excluding hydrogens is 252 g/mol. The van der Waals surface area contributed by atoms with Gasteiger partial charge in [0.2, 0.25) is 0 Å². The summed E-state index contributed by atoms with van der Waals surface area (Å²) in [5.41, 5.74) is -0.691. The zero-order chi connectivity index (χ0) is 16.4. The van der Waals surface area contributed by atoms with Crippen molar-refractivity contribution in [1.82, 2.24) is 0 Å². The predicted octanol–water partition coefficient (Wildman–Crippen LogP) is 4.18. The molecule has 120 valence electrons. The van der Waals surface area contributed by atoms with Crippen LogP contribution < -0.4 is 0 Å². The average molecular weight is 286 g/mol. The lowest BCUT2D eigenvalue weighted by Gasteiger charge is -2.36. The van der Waals surface area contributed by atoms with Crippen molar-refractivity contribution >= 4 is 5.97 Å². The molecule has 20 heavy (non-hydrogen) atoms. The van der Waals surface area contributed by atoms with Gasteiger partial charge in [-0.2, -0.15) is 0 Å². The van der Waals surface area contributed by atoms with Crippen LogP contribution in [0.3, 0.4) is 0 Å². The molecule has 0 radical (unpaired) electrons. The molecule has 2 atom stereocenters. The van der Waals surface area contributed by atoms with Crippen molar-refractivity contribution in [2.75, 3.05) is 0 Å². The summed E-state index contributed by atoms with van der Waals surface area (Å²) in [6, 6.07) is 0. The highest BCUT2D eigenvalue weighted by Gasteiger charge is 2.38. The van der Waals surface area contributed by atoms with E-state index in [2.05, 4.69) is 41.5 Å². The Balaban J connectivity index is 4.99. The third-order valence-corrected chi connectivity index (χ3v) is 3.31. The Morgan fingerprint density at radius 3 is 1.75 bits per heavy atom. The van der Waals surface area contributed by atoms with Crippen LogP contribution in [0.25, 0.3) is 0 Å². The van der Waals surface area contributed by atoms with E-state index < -0.39 is 11.7 Å². The smallest absolute Gasteiger partial charge is 0.310 e. The molecule has 0 amide bonds. The summed E-state index contributed by atoms with van der Waals surface area (Å²) in [5, 5.41) is 9.49. The van der Waals surface area contributed by atoms with Crippen molar-refractivity contribution in [3.05, 3.63) is 0 Å². The fourth-order valence-electron chi connectivity index (χ4n) is 2.45. The van der Waals surface area contributed by atoms with Crippen LogP contribution in [0, 0.1) is 16.7 Å². The van der Waals surface area contributed by atoms with Gasteiger partial charge in [-0.3, -0.25) is 4.79 Å². The van der Waals surface area contributed by atoms with Crippen molar-refractivity contribution in [2.24, 2.45) is 16.7 Å². The van der Waals surface area contributed by atoms with Crippen molar-refractivity contribution in [1.29, 1.82) is 0 Å². The monoisotopic (exact) mass is 286 g/mol. The molecule has 0 aliphatic rings. The van der Waals surface area contributed by atoms with Crippen molar-refractivity contribution in [3.8, 4) is 0 Å². The van der Waals surface area contributed by atoms with Gasteiger partial charge in [-0.15, -0.1) is 0 Å². The van der Waals surface area contributed by atoms with Crippen LogP contribution >= 0.6 is 0 Å². The molecule has 2 unspecified atom stereocenters. The maximum Gasteiger partial charge on any atom is 0.310 e. The van der Waals surface area contributed by atoms with Gasteiger partial charge in [0, 0.05) is 6.42 Å². The molecule has 0 aromatic rings. The van der Waals surface area contributed by atoms with Gasteiger partial charge < -0.3 is 9.84 Å². The van der Waals surface area contributed by atoms with Crippen molar-refractivity contribution < 1.29 is 14.6 Å². The van der Waals surface area contributed by atoms with E-state index in [9.17, 15) is 9.90 Å². The van der Waals surface area contributed by atoms with Gasteiger partial charge in [-0.05, 0) is 38.0 Å². The fraction of sp³-hybridized carbons (Fsp3) is 0.941. The number of carbonyl (C=O) groups is 1. The molecule has 0 fully saturated rings. The molecule has 3 nitrogen and oxygen atoms in total. The molecule has 0 aliphatic heterocycles. The molecule has 0 aromatic heterocycles. The summed E-state index contributed by atoms with van der Waals surface area (Å²) >= 11 is 0. The Kier molecular flexibility index (Phi) is 6.28. The number of ether oxygens (including phenoxy) is 1. The van der Waals surface area contributed by atoms with Gasteiger partial charge in [0.05, 0.1) is 12.0 Å². The van der Waals surface area contributed by atoms with E-state index in [1.165, 1.54) is 0 Å². The molecule has 0 saturated carbocycles. The van der Waals surface area contributed by atoms with Gasteiger partial charge in [0.25, 0.3) is 0 Å². The van der Waals surface area contributed by atoms with E-state index in [-0.39, 0.29) is 22.7 Å². The van der Waals surface area contributed by atoms with Gasteiger partial charge >= 0.3 is 5.97 Å². The van der Waals surface area contributed by atoms with Crippen LogP contribution in [0.2, 0.25) is 0 Å². The summed E-state index contributed by atoms with van der Waals surface area (Å²) in [5.74, 6) is -0.297. The van der Waals surface area contributed by atoms with Gasteiger partial charge in [-0.1, -0.05) is 41.5 Å². The SMILES string of the molecule is CC(O)CC(C)(C)OC(=O)C(CC(C)(C)C)C(C)(C)C. The first-order chi connectivity index (χ1) is 8.64. The second-order valence-corrected chi connectivity index (χ2v) is 8.92. The Hall–Kier alpha value is -0.570. The molecule has 3 heteroatoms. The lowest BCUT2D eigenvalue weighted by molar-refractivity contribution is -0.169. The van der Waals surface area contributed by atoms with Crippen LogP contribution in [-0.4, -0.2) is 22.8 Å². The topological polar surface area (TPSA) is 46.5 Å². The highest BCUT2D eigenvalue weighted by atomic mass is 16.6. The minimum absolute atomic E-state index is 0.0748. The van der Waals surface area contributed by atoms with Gasteiger partial charge in [0.1, 0.15) is 5.60 Å². The Bertz CT molecular complexity index is 316. The van der Waals surface area contributed by atoms with Crippen LogP contribution in [-0.2, 0) is 9.53 Å². The third-order valence-electron chi connectivity index (χ3n) is 3.31. The molecule has 0 aliphatic carbocycles. The molecule has 0 saturated heterocycles. The fourth-order valence-corrected chi connectivity index (χ4v) is 2.45. The zero-order valence-electron chi connectivity index (χ0n) is 14.8. The maximum absolute atomic E-state index is 12.6. The molecule has 1 N–H and O–H groups in total. The van der Waals surface area contributed by atoms with Gasteiger partial charge in [-0.25, -0.2) is 0 Å². The number of aliphatic hydroxyl groups excluding tert-OH is 1. The minimum Gasteiger partial charge on any atom is -0.459 e. The minimum atomic E-state index is -0.632. The number of hydrogen-bond donors (Lipinski definition) is 1. The Labute approximate surface area is 125 Å². The molecule has 0 rings (SSSR count). The molecular formula is C17H34O3. The summed E-state index contributed by atoms with van der Waals surface area (Å²) in [7, 11) is 0.